The van der Waals surface area contributed by atoms with Crippen LogP contribution < -0.4 is 11.2 Å². The summed E-state index contributed by atoms with van der Waals surface area (Å²) in [6.07, 6.45) is -1.92. The number of hydrogen-bond acceptors (Lipinski definition) is 8. The normalized spacial score (nSPS) is 30.6. The van der Waals surface area contributed by atoms with Crippen LogP contribution in [0.4, 0.5) is 0 Å². The van der Waals surface area contributed by atoms with Gasteiger partial charge in [-0.15, -0.1) is 11.3 Å². The molecule has 11 heteroatoms. The van der Waals surface area contributed by atoms with Gasteiger partial charge in [0.25, 0.3) is 5.56 Å². The van der Waals surface area contributed by atoms with Crippen LogP contribution in [0, 0.1) is 0 Å². The van der Waals surface area contributed by atoms with Crippen molar-refractivity contribution < 1.29 is 20.1 Å². The van der Waals surface area contributed by atoms with Crippen molar-refractivity contribution in [1.29, 1.82) is 0 Å². The molecule has 0 aliphatic carbocycles. The van der Waals surface area contributed by atoms with Gasteiger partial charge in [-0.1, -0.05) is 0 Å². The Bertz CT molecular complexity index is 1050. The Morgan fingerprint density at radius 3 is 2.88 bits per heavy atom. The van der Waals surface area contributed by atoms with Crippen LogP contribution >= 0.6 is 11.3 Å². The van der Waals surface area contributed by atoms with E-state index in [2.05, 4.69) is 15.0 Å². The fourth-order valence-corrected chi connectivity index (χ4v) is 4.05. The maximum Gasteiger partial charge on any atom is 0.326 e. The zero-order chi connectivity index (χ0) is 17.2. The topological polar surface area (TPSA) is 153 Å². The van der Waals surface area contributed by atoms with Crippen molar-refractivity contribution >= 4 is 31.9 Å². The molecular weight excluding hydrogens is 340 g/mol. The number of H-pyrrole nitrogens is 2. The number of aromatic amines is 2. The molecule has 0 bridgehead atoms. The van der Waals surface area contributed by atoms with Crippen LogP contribution in [-0.4, -0.2) is 59.3 Å². The van der Waals surface area contributed by atoms with E-state index in [1.54, 1.807) is 0 Å². The summed E-state index contributed by atoms with van der Waals surface area (Å²) >= 11 is 1.09. The summed E-state index contributed by atoms with van der Waals surface area (Å²) in [5.74, 6) is 0. The number of nitrogens with one attached hydrogen (secondary N) is 2. The number of aliphatic hydroxyl groups excluding tert-OH is 2. The van der Waals surface area contributed by atoms with Crippen molar-refractivity contribution in [3.05, 3.63) is 27.2 Å². The average Bonchev–Trinajstić information content (AvgIpc) is 3.13. The van der Waals surface area contributed by atoms with Crippen molar-refractivity contribution in [3.63, 3.8) is 0 Å². The molecule has 1 saturated heterocycles. The molecule has 0 radical (unpaired) electrons. The lowest BCUT2D eigenvalue weighted by atomic mass is 9.96. The second-order valence-electron chi connectivity index (χ2n) is 5.90. The molecular formula is C13H14N4O6S. The van der Waals surface area contributed by atoms with Crippen molar-refractivity contribution in [2.45, 2.75) is 31.0 Å². The van der Waals surface area contributed by atoms with E-state index in [0.29, 0.717) is 15.0 Å². The van der Waals surface area contributed by atoms with E-state index in [1.165, 1.54) is 17.8 Å². The Hall–Kier alpha value is -2.05. The monoisotopic (exact) mass is 354 g/mol. The molecule has 0 spiro atoms. The molecule has 24 heavy (non-hydrogen) atoms. The Balaban J connectivity index is 1.98. The number of hydrogen-bond donors (Lipinski definition) is 5. The van der Waals surface area contributed by atoms with Crippen LogP contribution in [0.15, 0.2) is 15.9 Å². The number of thiophene rings is 1. The zero-order valence-corrected chi connectivity index (χ0v) is 13.2. The molecule has 0 aromatic carbocycles. The minimum absolute atomic E-state index is 0.280. The van der Waals surface area contributed by atoms with Crippen LogP contribution in [0.3, 0.4) is 0 Å². The molecule has 4 atom stereocenters. The molecule has 0 amide bonds. The fraction of sp³-hybridized carbons (Fsp3) is 0.462. The van der Waals surface area contributed by atoms with E-state index in [0.717, 1.165) is 11.3 Å². The number of imidazole rings is 1. The Morgan fingerprint density at radius 1 is 1.46 bits per heavy atom. The molecule has 4 heterocycles. The van der Waals surface area contributed by atoms with Gasteiger partial charge in [0.05, 0.1) is 18.5 Å². The second-order valence-corrected chi connectivity index (χ2v) is 6.90. The third kappa shape index (κ3) is 1.93. The van der Waals surface area contributed by atoms with Gasteiger partial charge in [0.2, 0.25) is 0 Å². The molecule has 3 aromatic heterocycles. The molecule has 1 aliphatic heterocycles. The third-order valence-electron chi connectivity index (χ3n) is 4.28. The van der Waals surface area contributed by atoms with Gasteiger partial charge in [-0.2, -0.15) is 0 Å². The lowest BCUT2D eigenvalue weighted by Crippen LogP contribution is -2.44. The molecule has 3 aromatic rings. The first-order valence-electron chi connectivity index (χ1n) is 7.13. The van der Waals surface area contributed by atoms with Gasteiger partial charge < -0.3 is 25.0 Å². The molecule has 5 N–H and O–H groups in total. The molecule has 4 rings (SSSR count). The Morgan fingerprint density at radius 2 is 2.21 bits per heavy atom. The summed E-state index contributed by atoms with van der Waals surface area (Å²) in [6.45, 7) is 0.917. The Labute approximate surface area is 137 Å². The van der Waals surface area contributed by atoms with Crippen molar-refractivity contribution in [2.24, 2.45) is 0 Å². The molecule has 10 nitrogen and oxygen atoms in total. The van der Waals surface area contributed by atoms with Gasteiger partial charge in [0.15, 0.2) is 6.23 Å². The highest BCUT2D eigenvalue weighted by molar-refractivity contribution is 7.25. The van der Waals surface area contributed by atoms with Crippen LogP contribution in [-0.2, 0) is 4.74 Å². The van der Waals surface area contributed by atoms with Gasteiger partial charge in [0.1, 0.15) is 32.9 Å². The van der Waals surface area contributed by atoms with Gasteiger partial charge >= 0.3 is 5.69 Å². The summed E-state index contributed by atoms with van der Waals surface area (Å²) in [6, 6.07) is 0. The molecule has 0 unspecified atom stereocenters. The SMILES string of the molecule is C[C@]1(O)[C@H](O)[C@@H](CO)O[C@H]1n1cnc2sc3c(=O)[nH]c(=O)[nH]c3c21. The first-order chi connectivity index (χ1) is 11.3. The maximum absolute atomic E-state index is 11.9. The minimum atomic E-state index is -1.70. The van der Waals surface area contributed by atoms with E-state index in [1.807, 2.05) is 0 Å². The summed E-state index contributed by atoms with van der Waals surface area (Å²) in [4.78, 5) is 32.9. The van der Waals surface area contributed by atoms with E-state index in [-0.39, 0.29) is 5.52 Å². The predicted octanol–water partition coefficient (Wildman–Crippen LogP) is -1.37. The average molecular weight is 354 g/mol. The van der Waals surface area contributed by atoms with Gasteiger partial charge in [-0.3, -0.25) is 14.3 Å². The van der Waals surface area contributed by atoms with Crippen LogP contribution in [0.5, 0.6) is 0 Å². The van der Waals surface area contributed by atoms with E-state index < -0.39 is 41.9 Å². The lowest BCUT2D eigenvalue weighted by molar-refractivity contribution is -0.0947. The van der Waals surface area contributed by atoms with Gasteiger partial charge in [0, 0.05) is 0 Å². The standard InChI is InChI=1S/C13H14N4O6S/c1-13(22)8(19)4(2-18)23-11(13)17-3-14-10-6(17)5-7(24-10)9(20)16-12(21)15-5/h3-4,8,11,18-19,22H,2H2,1H3,(H2,15,16,20,21)/t4-,8-,11-,13+/m1/s1. The van der Waals surface area contributed by atoms with Crippen LogP contribution in [0.2, 0.25) is 0 Å². The van der Waals surface area contributed by atoms with Crippen molar-refractivity contribution in [3.8, 4) is 0 Å². The number of nitrogens with zero attached hydrogens (tertiary/aromatic N) is 2. The number of rotatable bonds is 2. The summed E-state index contributed by atoms with van der Waals surface area (Å²) in [5, 5.41) is 30.0. The van der Waals surface area contributed by atoms with Gasteiger partial charge in [-0.05, 0) is 6.92 Å². The number of ether oxygens (including phenoxy) is 1. The summed E-state index contributed by atoms with van der Waals surface area (Å²) in [7, 11) is 0. The number of fused-ring (bicyclic) bond motifs is 3. The van der Waals surface area contributed by atoms with Crippen LogP contribution in [0.25, 0.3) is 20.6 Å². The highest BCUT2D eigenvalue weighted by Gasteiger charge is 2.53. The van der Waals surface area contributed by atoms with E-state index >= 15 is 0 Å². The van der Waals surface area contributed by atoms with Gasteiger partial charge in [-0.25, -0.2) is 9.78 Å². The molecule has 1 fully saturated rings. The number of aromatic nitrogens is 4. The first kappa shape index (κ1) is 15.5. The highest BCUT2D eigenvalue weighted by atomic mass is 32.1. The predicted molar refractivity (Wildman–Crippen MR) is 84.0 cm³/mol. The van der Waals surface area contributed by atoms with Crippen LogP contribution in [0.1, 0.15) is 13.2 Å². The number of aliphatic hydroxyl groups is 3. The largest absolute Gasteiger partial charge is 0.394 e. The molecule has 128 valence electrons. The van der Waals surface area contributed by atoms with Crippen molar-refractivity contribution in [1.82, 2.24) is 19.5 Å². The first-order valence-corrected chi connectivity index (χ1v) is 7.94. The zero-order valence-electron chi connectivity index (χ0n) is 12.4. The molecule has 0 saturated carbocycles. The summed E-state index contributed by atoms with van der Waals surface area (Å²) < 4.78 is 7.31. The third-order valence-corrected chi connectivity index (χ3v) is 5.37. The smallest absolute Gasteiger partial charge is 0.326 e. The van der Waals surface area contributed by atoms with Crippen molar-refractivity contribution in [2.75, 3.05) is 6.61 Å². The highest BCUT2D eigenvalue weighted by Crippen LogP contribution is 2.41. The quantitative estimate of drug-likeness (QED) is 0.380. The fourth-order valence-electron chi connectivity index (χ4n) is 3.06. The van der Waals surface area contributed by atoms with E-state index in [9.17, 15) is 24.9 Å². The lowest BCUT2D eigenvalue weighted by Gasteiger charge is -2.27. The Kier molecular flexibility index (Phi) is 3.21. The van der Waals surface area contributed by atoms with E-state index in [4.69, 9.17) is 4.74 Å². The summed E-state index contributed by atoms with van der Waals surface area (Å²) in [5.41, 5.74) is -2.20. The maximum atomic E-state index is 11.9. The second kappa shape index (κ2) is 4.97. The molecule has 1 aliphatic rings. The minimum Gasteiger partial charge on any atom is -0.394 e.